The van der Waals surface area contributed by atoms with Gasteiger partial charge in [-0.1, -0.05) is 18.2 Å². The van der Waals surface area contributed by atoms with Gasteiger partial charge in [-0.05, 0) is 49.2 Å². The highest BCUT2D eigenvalue weighted by atomic mass is 32.1. The Kier molecular flexibility index (Phi) is 7.03. The van der Waals surface area contributed by atoms with E-state index in [2.05, 4.69) is 16.4 Å². The number of nitrogens with zero attached hydrogens (tertiary/aromatic N) is 1. The van der Waals surface area contributed by atoms with Crippen LogP contribution in [0.4, 0.5) is 0 Å². The highest BCUT2D eigenvalue weighted by Gasteiger charge is 2.05. The minimum absolute atomic E-state index is 0.113. The molecule has 5 nitrogen and oxygen atoms in total. The molecular formula is C22H24N2O3S. The average molecular weight is 397 g/mol. The zero-order valence-corrected chi connectivity index (χ0v) is 16.9. The fourth-order valence-corrected chi connectivity index (χ4v) is 3.78. The number of benzene rings is 2. The summed E-state index contributed by atoms with van der Waals surface area (Å²) in [5.74, 6) is 1.24. The van der Waals surface area contributed by atoms with Gasteiger partial charge >= 0.3 is 0 Å². The van der Waals surface area contributed by atoms with E-state index in [1.54, 1.807) is 24.5 Å². The van der Waals surface area contributed by atoms with Gasteiger partial charge in [-0.2, -0.15) is 0 Å². The summed E-state index contributed by atoms with van der Waals surface area (Å²) in [6.07, 6.45) is 5.02. The van der Waals surface area contributed by atoms with Crippen LogP contribution in [0, 0.1) is 0 Å². The maximum atomic E-state index is 12.0. The molecule has 0 aliphatic heterocycles. The van der Waals surface area contributed by atoms with E-state index in [0.29, 0.717) is 24.7 Å². The number of hydrogen-bond donors (Lipinski definition) is 1. The number of amides is 1. The van der Waals surface area contributed by atoms with E-state index < -0.39 is 0 Å². The van der Waals surface area contributed by atoms with Crippen molar-refractivity contribution in [2.45, 2.75) is 19.8 Å². The van der Waals surface area contributed by atoms with Gasteiger partial charge in [0.25, 0.3) is 0 Å². The molecule has 0 radical (unpaired) electrons. The minimum atomic E-state index is -0.113. The summed E-state index contributed by atoms with van der Waals surface area (Å²) in [5, 5.41) is 4.02. The molecule has 0 unspecified atom stereocenters. The van der Waals surface area contributed by atoms with Crippen molar-refractivity contribution in [3.63, 3.8) is 0 Å². The van der Waals surface area contributed by atoms with Crippen molar-refractivity contribution in [3.8, 4) is 11.5 Å². The summed E-state index contributed by atoms with van der Waals surface area (Å²) in [4.78, 5) is 16.6. The van der Waals surface area contributed by atoms with Crippen LogP contribution in [-0.2, 0) is 11.2 Å². The van der Waals surface area contributed by atoms with Crippen molar-refractivity contribution in [2.75, 3.05) is 20.3 Å². The Hall–Kier alpha value is -2.86. The van der Waals surface area contributed by atoms with E-state index in [-0.39, 0.29) is 5.91 Å². The number of nitrogens with one attached hydrogen (secondary N) is 1. The molecule has 0 fully saturated rings. The second-order valence-electron chi connectivity index (χ2n) is 6.15. The SMILES string of the molecule is CCOc1cc(/C=C/C(=O)NCCCc2nc3ccccc3s2)ccc1OC. The quantitative estimate of drug-likeness (QED) is 0.428. The fourth-order valence-electron chi connectivity index (χ4n) is 2.77. The highest BCUT2D eigenvalue weighted by Crippen LogP contribution is 2.28. The summed E-state index contributed by atoms with van der Waals surface area (Å²) in [6, 6.07) is 13.7. The molecule has 0 atom stereocenters. The first-order chi connectivity index (χ1) is 13.7. The predicted octanol–water partition coefficient (Wildman–Crippen LogP) is 4.47. The van der Waals surface area contributed by atoms with Gasteiger partial charge in [0.05, 0.1) is 28.9 Å². The molecule has 0 aliphatic carbocycles. The van der Waals surface area contributed by atoms with Crippen molar-refractivity contribution in [2.24, 2.45) is 0 Å². The van der Waals surface area contributed by atoms with Crippen LogP contribution in [0.25, 0.3) is 16.3 Å². The summed E-state index contributed by atoms with van der Waals surface area (Å²) >= 11 is 1.71. The van der Waals surface area contributed by atoms with Gasteiger partial charge in [0.15, 0.2) is 11.5 Å². The average Bonchev–Trinajstić information content (AvgIpc) is 3.13. The number of carbonyl (C=O) groups excluding carboxylic acids is 1. The Labute approximate surface area is 169 Å². The lowest BCUT2D eigenvalue weighted by molar-refractivity contribution is -0.116. The number of rotatable bonds is 9. The van der Waals surface area contributed by atoms with Gasteiger partial charge in [-0.3, -0.25) is 4.79 Å². The maximum Gasteiger partial charge on any atom is 0.243 e. The molecule has 3 aromatic rings. The lowest BCUT2D eigenvalue weighted by atomic mass is 10.2. The van der Waals surface area contributed by atoms with Crippen LogP contribution in [0.1, 0.15) is 23.9 Å². The third kappa shape index (κ3) is 5.33. The van der Waals surface area contributed by atoms with Crippen molar-refractivity contribution < 1.29 is 14.3 Å². The lowest BCUT2D eigenvalue weighted by Gasteiger charge is -2.09. The van der Waals surface area contributed by atoms with Crippen LogP contribution in [-0.4, -0.2) is 31.2 Å². The third-order valence-corrected chi connectivity index (χ3v) is 5.22. The molecule has 2 aromatic carbocycles. The molecule has 1 aromatic heterocycles. The molecule has 1 N–H and O–H groups in total. The molecule has 28 heavy (non-hydrogen) atoms. The van der Waals surface area contributed by atoms with Gasteiger partial charge in [-0.15, -0.1) is 11.3 Å². The van der Waals surface area contributed by atoms with Crippen LogP contribution < -0.4 is 14.8 Å². The Morgan fingerprint density at radius 1 is 1.21 bits per heavy atom. The van der Waals surface area contributed by atoms with Crippen molar-refractivity contribution in [3.05, 3.63) is 59.1 Å². The number of para-hydroxylation sites is 1. The van der Waals surface area contributed by atoms with Gasteiger partial charge in [0.2, 0.25) is 5.91 Å². The molecule has 0 saturated carbocycles. The number of ether oxygens (including phenoxy) is 2. The van der Waals surface area contributed by atoms with Crippen LogP contribution in [0.2, 0.25) is 0 Å². The Bertz CT molecular complexity index is 932. The van der Waals surface area contributed by atoms with Crippen molar-refractivity contribution >= 4 is 33.5 Å². The van der Waals surface area contributed by atoms with Gasteiger partial charge in [-0.25, -0.2) is 4.98 Å². The van der Waals surface area contributed by atoms with E-state index in [0.717, 1.165) is 28.9 Å². The van der Waals surface area contributed by atoms with Gasteiger partial charge < -0.3 is 14.8 Å². The van der Waals surface area contributed by atoms with Gasteiger partial charge in [0.1, 0.15) is 0 Å². The van der Waals surface area contributed by atoms with E-state index in [4.69, 9.17) is 9.47 Å². The molecule has 1 heterocycles. The topological polar surface area (TPSA) is 60.5 Å². The number of aromatic nitrogens is 1. The van der Waals surface area contributed by atoms with Crippen LogP contribution in [0.3, 0.4) is 0 Å². The molecule has 0 bridgehead atoms. The van der Waals surface area contributed by atoms with Crippen LogP contribution in [0.5, 0.6) is 11.5 Å². The molecule has 146 valence electrons. The van der Waals surface area contributed by atoms with Crippen molar-refractivity contribution in [1.82, 2.24) is 10.3 Å². The lowest BCUT2D eigenvalue weighted by Crippen LogP contribution is -2.22. The Balaban J connectivity index is 1.46. The Morgan fingerprint density at radius 2 is 2.07 bits per heavy atom. The molecule has 0 aliphatic rings. The first kappa shape index (κ1) is 19.9. The van der Waals surface area contributed by atoms with E-state index >= 15 is 0 Å². The third-order valence-electron chi connectivity index (χ3n) is 4.12. The van der Waals surface area contributed by atoms with E-state index in [1.807, 2.05) is 43.3 Å². The first-order valence-electron chi connectivity index (χ1n) is 9.31. The molecule has 0 spiro atoms. The molecular weight excluding hydrogens is 372 g/mol. The smallest absolute Gasteiger partial charge is 0.243 e. The second kappa shape index (κ2) is 9.90. The maximum absolute atomic E-state index is 12.0. The van der Waals surface area contributed by atoms with Crippen molar-refractivity contribution in [1.29, 1.82) is 0 Å². The summed E-state index contributed by atoms with van der Waals surface area (Å²) in [7, 11) is 1.61. The zero-order valence-electron chi connectivity index (χ0n) is 16.1. The van der Waals surface area contributed by atoms with Crippen LogP contribution >= 0.6 is 11.3 Å². The molecule has 1 amide bonds. The number of thiazole rings is 1. The largest absolute Gasteiger partial charge is 0.493 e. The number of methoxy groups -OCH3 is 1. The highest BCUT2D eigenvalue weighted by molar-refractivity contribution is 7.18. The predicted molar refractivity (Wildman–Crippen MR) is 114 cm³/mol. The minimum Gasteiger partial charge on any atom is -0.493 e. The van der Waals surface area contributed by atoms with Gasteiger partial charge in [0, 0.05) is 19.0 Å². The summed E-state index contributed by atoms with van der Waals surface area (Å²) in [6.45, 7) is 3.09. The summed E-state index contributed by atoms with van der Waals surface area (Å²) in [5.41, 5.74) is 1.93. The van der Waals surface area contributed by atoms with E-state index in [1.165, 1.54) is 10.8 Å². The standard InChI is InChI=1S/C22H24N2O3S/c1-3-27-19-15-16(10-12-18(19)26-2)11-13-21(25)23-14-6-9-22-24-17-7-4-5-8-20(17)28-22/h4-5,7-8,10-13,15H,3,6,9,14H2,1-2H3,(H,23,25)/b13-11+. The fraction of sp³-hybridized carbons (Fsp3) is 0.273. The Morgan fingerprint density at radius 3 is 2.86 bits per heavy atom. The number of carbonyl (C=O) groups is 1. The van der Waals surface area contributed by atoms with E-state index in [9.17, 15) is 4.79 Å². The number of hydrogen-bond acceptors (Lipinski definition) is 5. The molecule has 0 saturated heterocycles. The summed E-state index contributed by atoms with van der Waals surface area (Å²) < 4.78 is 12.0. The molecule has 3 rings (SSSR count). The monoisotopic (exact) mass is 396 g/mol. The molecule has 6 heteroatoms. The first-order valence-corrected chi connectivity index (χ1v) is 10.1. The number of aryl methyl sites for hydroxylation is 1. The second-order valence-corrected chi connectivity index (χ2v) is 7.26. The normalized spacial score (nSPS) is 11.1. The number of fused-ring (bicyclic) bond motifs is 1. The van der Waals surface area contributed by atoms with Crippen LogP contribution in [0.15, 0.2) is 48.5 Å². The zero-order chi connectivity index (χ0) is 19.8.